The molecule has 142 valence electrons. The number of carbonyl (C=O) groups excluding carboxylic acids is 1. The number of hydrogen-bond acceptors (Lipinski definition) is 3. The lowest BCUT2D eigenvalue weighted by Crippen LogP contribution is -2.47. The maximum absolute atomic E-state index is 12.6. The van der Waals surface area contributed by atoms with Crippen molar-refractivity contribution in [3.8, 4) is 0 Å². The van der Waals surface area contributed by atoms with Gasteiger partial charge in [0, 0.05) is 18.3 Å². The van der Waals surface area contributed by atoms with Gasteiger partial charge in [0.25, 0.3) is 0 Å². The van der Waals surface area contributed by atoms with Gasteiger partial charge in [-0.3, -0.25) is 0 Å². The summed E-state index contributed by atoms with van der Waals surface area (Å²) >= 11 is 0. The molecule has 2 heterocycles. The first kappa shape index (κ1) is 19.1. The van der Waals surface area contributed by atoms with Crippen molar-refractivity contribution in [3.05, 3.63) is 35.9 Å². The van der Waals surface area contributed by atoms with E-state index in [2.05, 4.69) is 4.40 Å². The number of benzene rings is 1. The van der Waals surface area contributed by atoms with E-state index in [1.807, 2.05) is 62.2 Å². The quantitative estimate of drug-likeness (QED) is 0.744. The standard InChI is InChI=1S/C20H28N2O3S/c1-20(2,3)26(24)21-13-16-11-17-9-10-18(12-16)22(17)19(23)25-14-15-7-5-4-6-8-15/h4-8,13,16-18H,9-12,14H2,1-3H3/t16?,17-,18+,26?. The molecule has 6 heteroatoms. The van der Waals surface area contributed by atoms with Gasteiger partial charge in [0.15, 0.2) is 0 Å². The number of fused-ring (bicyclic) bond motifs is 2. The van der Waals surface area contributed by atoms with Crippen molar-refractivity contribution in [2.24, 2.45) is 10.3 Å². The van der Waals surface area contributed by atoms with E-state index in [1.54, 1.807) is 0 Å². The van der Waals surface area contributed by atoms with Gasteiger partial charge in [0.1, 0.15) is 17.6 Å². The van der Waals surface area contributed by atoms with Gasteiger partial charge >= 0.3 is 6.09 Å². The number of amides is 1. The van der Waals surface area contributed by atoms with Crippen molar-refractivity contribution < 1.29 is 13.7 Å². The van der Waals surface area contributed by atoms with Gasteiger partial charge in [0.05, 0.1) is 4.75 Å². The number of piperidine rings is 1. The largest absolute Gasteiger partial charge is 0.445 e. The van der Waals surface area contributed by atoms with E-state index < -0.39 is 11.0 Å². The Balaban J connectivity index is 1.56. The number of hydrogen-bond donors (Lipinski definition) is 0. The Labute approximate surface area is 158 Å². The van der Waals surface area contributed by atoms with Crippen LogP contribution in [0.15, 0.2) is 34.7 Å². The van der Waals surface area contributed by atoms with E-state index in [1.165, 1.54) is 0 Å². The van der Waals surface area contributed by atoms with Crippen LogP contribution in [0.2, 0.25) is 0 Å². The molecule has 1 amide bonds. The number of rotatable bonds is 4. The van der Waals surface area contributed by atoms with Crippen LogP contribution in [0.1, 0.15) is 52.0 Å². The second kappa shape index (κ2) is 7.91. The summed E-state index contributed by atoms with van der Waals surface area (Å²) in [5.41, 5.74) is 1.000. The fraction of sp³-hybridized carbons (Fsp3) is 0.600. The Morgan fingerprint density at radius 3 is 2.42 bits per heavy atom. The monoisotopic (exact) mass is 376 g/mol. The fourth-order valence-electron chi connectivity index (χ4n) is 3.73. The fourth-order valence-corrected chi connectivity index (χ4v) is 4.33. The molecule has 0 saturated carbocycles. The van der Waals surface area contributed by atoms with Gasteiger partial charge in [-0.1, -0.05) is 30.3 Å². The maximum atomic E-state index is 12.6. The van der Waals surface area contributed by atoms with Crippen molar-refractivity contribution in [2.45, 2.75) is 69.9 Å². The van der Waals surface area contributed by atoms with Gasteiger partial charge in [-0.05, 0) is 57.9 Å². The molecule has 2 fully saturated rings. The molecule has 3 rings (SSSR count). The molecule has 4 atom stereocenters. The zero-order chi connectivity index (χ0) is 18.7. The Morgan fingerprint density at radius 1 is 1.23 bits per heavy atom. The van der Waals surface area contributed by atoms with Crippen LogP contribution in [0, 0.1) is 5.92 Å². The number of carbonyl (C=O) groups is 1. The Kier molecular flexibility index (Phi) is 5.80. The summed E-state index contributed by atoms with van der Waals surface area (Å²) in [5, 5.41) is 0. The molecule has 0 aliphatic carbocycles. The molecule has 1 aromatic rings. The predicted octanol–water partition coefficient (Wildman–Crippen LogP) is 4.10. The summed E-state index contributed by atoms with van der Waals surface area (Å²) in [5.74, 6) is 0.289. The van der Waals surface area contributed by atoms with E-state index in [4.69, 9.17) is 4.74 Å². The normalized spacial score (nSPS) is 26.9. The third kappa shape index (κ3) is 4.53. The van der Waals surface area contributed by atoms with Crippen LogP contribution in [-0.2, 0) is 22.3 Å². The molecule has 0 spiro atoms. The van der Waals surface area contributed by atoms with Gasteiger partial charge in [-0.15, -0.1) is 0 Å². The second-order valence-corrected chi connectivity index (χ2v) is 10.1. The molecule has 5 nitrogen and oxygen atoms in total. The second-order valence-electron chi connectivity index (χ2n) is 8.18. The summed E-state index contributed by atoms with van der Waals surface area (Å²) in [6, 6.07) is 10.2. The first-order chi connectivity index (χ1) is 12.3. The molecule has 0 aromatic heterocycles. The first-order valence-corrected chi connectivity index (χ1v) is 10.4. The molecule has 2 unspecified atom stereocenters. The summed E-state index contributed by atoms with van der Waals surface area (Å²) in [7, 11) is -1.22. The highest BCUT2D eigenvalue weighted by atomic mass is 32.2. The van der Waals surface area contributed by atoms with E-state index in [0.29, 0.717) is 6.61 Å². The smallest absolute Gasteiger partial charge is 0.410 e. The first-order valence-electron chi connectivity index (χ1n) is 9.30. The average Bonchev–Trinajstić information content (AvgIpc) is 2.88. The molecule has 2 saturated heterocycles. The summed E-state index contributed by atoms with van der Waals surface area (Å²) < 4.78 is 21.6. The van der Waals surface area contributed by atoms with Crippen LogP contribution in [0.5, 0.6) is 0 Å². The van der Waals surface area contributed by atoms with E-state index in [0.717, 1.165) is 31.2 Å². The van der Waals surface area contributed by atoms with Crippen molar-refractivity contribution in [3.63, 3.8) is 0 Å². The minimum atomic E-state index is -1.22. The molecule has 2 bridgehead atoms. The number of ether oxygens (including phenoxy) is 1. The third-order valence-electron chi connectivity index (χ3n) is 5.08. The number of nitrogens with zero attached hydrogens (tertiary/aromatic N) is 2. The molecule has 0 radical (unpaired) electrons. The minimum absolute atomic E-state index is 0.205. The van der Waals surface area contributed by atoms with E-state index in [-0.39, 0.29) is 28.8 Å². The Bertz CT molecular complexity index is 670. The van der Waals surface area contributed by atoms with Crippen LogP contribution in [-0.4, -0.2) is 38.2 Å². The van der Waals surface area contributed by atoms with Crippen LogP contribution in [0.25, 0.3) is 0 Å². The van der Waals surface area contributed by atoms with Crippen molar-refractivity contribution >= 4 is 23.3 Å². The topological polar surface area (TPSA) is 59.0 Å². The van der Waals surface area contributed by atoms with Crippen LogP contribution >= 0.6 is 0 Å². The minimum Gasteiger partial charge on any atom is -0.445 e. The molecule has 0 N–H and O–H groups in total. The third-order valence-corrected chi connectivity index (χ3v) is 6.44. The van der Waals surface area contributed by atoms with Gasteiger partial charge in [0.2, 0.25) is 0 Å². The predicted molar refractivity (Wildman–Crippen MR) is 104 cm³/mol. The molecular weight excluding hydrogens is 348 g/mol. The zero-order valence-corrected chi connectivity index (χ0v) is 16.6. The average molecular weight is 377 g/mol. The van der Waals surface area contributed by atoms with Crippen LogP contribution < -0.4 is 0 Å². The summed E-state index contributed by atoms with van der Waals surface area (Å²) in [6.07, 6.45) is 5.42. The molecule has 1 aromatic carbocycles. The molecule has 26 heavy (non-hydrogen) atoms. The van der Waals surface area contributed by atoms with Gasteiger partial charge < -0.3 is 9.64 Å². The van der Waals surface area contributed by atoms with Gasteiger partial charge in [-0.2, -0.15) is 4.40 Å². The highest BCUT2D eigenvalue weighted by Crippen LogP contribution is 2.38. The van der Waals surface area contributed by atoms with Crippen LogP contribution in [0.3, 0.4) is 0 Å². The lowest BCUT2D eigenvalue weighted by molar-refractivity contribution is 0.0602. The summed E-state index contributed by atoms with van der Waals surface area (Å²) in [4.78, 5) is 14.5. The van der Waals surface area contributed by atoms with Crippen LogP contribution in [0.4, 0.5) is 4.79 Å². The van der Waals surface area contributed by atoms with Crippen molar-refractivity contribution in [2.75, 3.05) is 0 Å². The van der Waals surface area contributed by atoms with E-state index in [9.17, 15) is 9.00 Å². The SMILES string of the molecule is CC(C)(C)S(=O)N=CC1C[C@H]2CC[C@@H](C1)N2C(=O)OCc1ccccc1. The molecular formula is C20H28N2O3S. The lowest BCUT2D eigenvalue weighted by Gasteiger charge is -2.37. The zero-order valence-electron chi connectivity index (χ0n) is 15.8. The summed E-state index contributed by atoms with van der Waals surface area (Å²) in [6.45, 7) is 6.09. The van der Waals surface area contributed by atoms with Crippen molar-refractivity contribution in [1.82, 2.24) is 4.90 Å². The van der Waals surface area contributed by atoms with Crippen molar-refractivity contribution in [1.29, 1.82) is 0 Å². The van der Waals surface area contributed by atoms with Gasteiger partial charge in [-0.25, -0.2) is 9.00 Å². The highest BCUT2D eigenvalue weighted by molar-refractivity contribution is 7.85. The maximum Gasteiger partial charge on any atom is 0.410 e. The Hall–Kier alpha value is -1.69. The Morgan fingerprint density at radius 2 is 1.85 bits per heavy atom. The lowest BCUT2D eigenvalue weighted by atomic mass is 9.92. The molecule has 2 aliphatic rings. The molecule has 2 aliphatic heterocycles. The highest BCUT2D eigenvalue weighted by Gasteiger charge is 2.43. The van der Waals surface area contributed by atoms with E-state index >= 15 is 0 Å².